The molecule has 3 heterocycles. The summed E-state index contributed by atoms with van der Waals surface area (Å²) in [5.41, 5.74) is 2.89. The molecule has 0 saturated carbocycles. The summed E-state index contributed by atoms with van der Waals surface area (Å²) in [5.74, 6) is 1.45. The number of rotatable bonds is 4. The molecular formula is C16H18N6. The number of hydrogen-bond donors (Lipinski definition) is 2. The van der Waals surface area contributed by atoms with E-state index < -0.39 is 0 Å². The van der Waals surface area contributed by atoms with Gasteiger partial charge in [-0.05, 0) is 24.5 Å². The molecule has 1 aliphatic rings. The number of nitrogens with one attached hydrogen (secondary N) is 2. The summed E-state index contributed by atoms with van der Waals surface area (Å²) in [6, 6.07) is 10.6. The van der Waals surface area contributed by atoms with Crippen LogP contribution < -0.4 is 10.2 Å². The lowest BCUT2D eigenvalue weighted by Gasteiger charge is -2.18. The first-order valence-corrected chi connectivity index (χ1v) is 7.58. The lowest BCUT2D eigenvalue weighted by Crippen LogP contribution is -2.22. The summed E-state index contributed by atoms with van der Waals surface area (Å²) in [6.07, 6.45) is 4.40. The number of nitrogens with zero attached hydrogens (tertiary/aromatic N) is 4. The fourth-order valence-corrected chi connectivity index (χ4v) is 3.01. The van der Waals surface area contributed by atoms with Gasteiger partial charge in [0.2, 0.25) is 0 Å². The number of fused-ring (bicyclic) bond motifs is 1. The first-order chi connectivity index (χ1) is 10.9. The number of imidazole rings is 1. The van der Waals surface area contributed by atoms with Crippen molar-refractivity contribution >= 4 is 22.7 Å². The molecule has 112 valence electrons. The van der Waals surface area contributed by atoms with Gasteiger partial charge in [-0.15, -0.1) is 0 Å². The van der Waals surface area contributed by atoms with E-state index in [9.17, 15) is 0 Å². The van der Waals surface area contributed by atoms with E-state index in [1.165, 1.54) is 12.1 Å². The Morgan fingerprint density at radius 3 is 3.00 bits per heavy atom. The van der Waals surface area contributed by atoms with Crippen LogP contribution in [0, 0.1) is 5.92 Å². The van der Waals surface area contributed by atoms with Crippen molar-refractivity contribution in [1.29, 1.82) is 0 Å². The lowest BCUT2D eigenvalue weighted by atomic mass is 10.1. The van der Waals surface area contributed by atoms with Crippen molar-refractivity contribution in [2.45, 2.75) is 6.42 Å². The Hall–Kier alpha value is -2.63. The summed E-state index contributed by atoms with van der Waals surface area (Å²) < 4.78 is 0. The van der Waals surface area contributed by atoms with Crippen LogP contribution in [0.15, 0.2) is 43.0 Å². The molecule has 6 heteroatoms. The fourth-order valence-electron chi connectivity index (χ4n) is 3.01. The Morgan fingerprint density at radius 2 is 2.09 bits per heavy atom. The molecule has 1 unspecified atom stereocenters. The predicted molar refractivity (Wildman–Crippen MR) is 86.9 cm³/mol. The van der Waals surface area contributed by atoms with Crippen LogP contribution in [0.5, 0.6) is 0 Å². The Bertz CT molecular complexity index is 753. The Labute approximate surface area is 128 Å². The van der Waals surface area contributed by atoms with E-state index in [0.717, 1.165) is 31.0 Å². The molecule has 0 amide bonds. The minimum atomic E-state index is 0.619. The summed E-state index contributed by atoms with van der Waals surface area (Å²) in [5, 5.41) is 3.44. The zero-order valence-electron chi connectivity index (χ0n) is 12.2. The number of aromatic amines is 1. The molecule has 1 aromatic carbocycles. The third-order valence-corrected chi connectivity index (χ3v) is 4.19. The molecule has 1 saturated heterocycles. The number of H-pyrrole nitrogens is 1. The number of aromatic nitrogens is 4. The third kappa shape index (κ3) is 2.47. The van der Waals surface area contributed by atoms with Crippen LogP contribution >= 0.6 is 0 Å². The first kappa shape index (κ1) is 13.1. The van der Waals surface area contributed by atoms with Crippen LogP contribution in [-0.4, -0.2) is 39.6 Å². The predicted octanol–water partition coefficient (Wildman–Crippen LogP) is 2.29. The van der Waals surface area contributed by atoms with Gasteiger partial charge in [-0.25, -0.2) is 15.0 Å². The molecule has 4 rings (SSSR count). The van der Waals surface area contributed by atoms with Crippen molar-refractivity contribution in [3.8, 4) is 0 Å². The van der Waals surface area contributed by atoms with Gasteiger partial charge < -0.3 is 15.2 Å². The summed E-state index contributed by atoms with van der Waals surface area (Å²) >= 11 is 0. The molecule has 0 radical (unpaired) electrons. The van der Waals surface area contributed by atoms with E-state index in [1.807, 2.05) is 0 Å². The van der Waals surface area contributed by atoms with E-state index in [-0.39, 0.29) is 0 Å². The van der Waals surface area contributed by atoms with Gasteiger partial charge in [-0.1, -0.05) is 18.2 Å². The van der Waals surface area contributed by atoms with Crippen LogP contribution in [0.4, 0.5) is 11.5 Å². The van der Waals surface area contributed by atoms with Gasteiger partial charge >= 0.3 is 0 Å². The van der Waals surface area contributed by atoms with Gasteiger partial charge in [-0.2, -0.15) is 0 Å². The summed E-state index contributed by atoms with van der Waals surface area (Å²) in [4.78, 5) is 18.1. The maximum absolute atomic E-state index is 4.31. The first-order valence-electron chi connectivity index (χ1n) is 7.58. The van der Waals surface area contributed by atoms with Crippen LogP contribution in [0.3, 0.4) is 0 Å². The van der Waals surface area contributed by atoms with Crippen molar-refractivity contribution in [1.82, 2.24) is 19.9 Å². The molecule has 22 heavy (non-hydrogen) atoms. The van der Waals surface area contributed by atoms with E-state index in [1.54, 1.807) is 12.7 Å². The van der Waals surface area contributed by atoms with Crippen LogP contribution in [0.1, 0.15) is 6.42 Å². The number of anilines is 2. The second-order valence-corrected chi connectivity index (χ2v) is 5.64. The van der Waals surface area contributed by atoms with Crippen LogP contribution in [0.2, 0.25) is 0 Å². The van der Waals surface area contributed by atoms with Crippen LogP contribution in [-0.2, 0) is 0 Å². The minimum absolute atomic E-state index is 0.619. The van der Waals surface area contributed by atoms with E-state index in [4.69, 9.17) is 0 Å². The molecule has 3 aromatic rings. The zero-order chi connectivity index (χ0) is 14.8. The summed E-state index contributed by atoms with van der Waals surface area (Å²) in [7, 11) is 0. The molecular weight excluding hydrogens is 276 g/mol. The maximum atomic E-state index is 4.31. The SMILES string of the molecule is c1ccc(N2CCC(CNc3ncnc4nc[nH]c34)C2)cc1. The molecule has 6 nitrogen and oxygen atoms in total. The van der Waals surface area contributed by atoms with E-state index in [0.29, 0.717) is 11.6 Å². The molecule has 0 bridgehead atoms. The number of benzene rings is 1. The highest BCUT2D eigenvalue weighted by atomic mass is 15.2. The second-order valence-electron chi connectivity index (χ2n) is 5.64. The molecule has 2 N–H and O–H groups in total. The molecule has 1 atom stereocenters. The Kier molecular flexibility index (Phi) is 3.34. The van der Waals surface area contributed by atoms with Crippen molar-refractivity contribution in [3.63, 3.8) is 0 Å². The van der Waals surface area contributed by atoms with Gasteiger partial charge in [0.15, 0.2) is 11.5 Å². The number of para-hydroxylation sites is 1. The third-order valence-electron chi connectivity index (χ3n) is 4.19. The van der Waals surface area contributed by atoms with Crippen molar-refractivity contribution in [2.24, 2.45) is 5.92 Å². The summed E-state index contributed by atoms with van der Waals surface area (Å²) in [6.45, 7) is 3.10. The average Bonchev–Trinajstić information content (AvgIpc) is 3.23. The second kappa shape index (κ2) is 5.63. The smallest absolute Gasteiger partial charge is 0.182 e. The lowest BCUT2D eigenvalue weighted by molar-refractivity contribution is 0.621. The number of hydrogen-bond acceptors (Lipinski definition) is 5. The molecule has 1 aliphatic heterocycles. The van der Waals surface area contributed by atoms with Gasteiger partial charge in [-0.3, -0.25) is 0 Å². The molecule has 2 aromatic heterocycles. The molecule has 0 aliphatic carbocycles. The monoisotopic (exact) mass is 294 g/mol. The minimum Gasteiger partial charge on any atom is -0.371 e. The van der Waals surface area contributed by atoms with Crippen LogP contribution in [0.25, 0.3) is 11.2 Å². The van der Waals surface area contributed by atoms with Gasteiger partial charge in [0.05, 0.1) is 6.33 Å². The fraction of sp³-hybridized carbons (Fsp3) is 0.312. The topological polar surface area (TPSA) is 69.7 Å². The van der Waals surface area contributed by atoms with Gasteiger partial charge in [0, 0.05) is 25.3 Å². The standard InChI is InChI=1S/C16H18N6/c1-2-4-13(5-3-1)22-7-6-12(9-22)8-17-15-14-16(19-10-18-14)21-11-20-15/h1-5,10-12H,6-9H2,(H2,17,18,19,20,21). The largest absolute Gasteiger partial charge is 0.371 e. The Balaban J connectivity index is 1.40. The maximum Gasteiger partial charge on any atom is 0.182 e. The highest BCUT2D eigenvalue weighted by molar-refractivity contribution is 5.81. The highest BCUT2D eigenvalue weighted by Gasteiger charge is 2.22. The van der Waals surface area contributed by atoms with Crippen molar-refractivity contribution in [2.75, 3.05) is 29.9 Å². The molecule has 1 fully saturated rings. The van der Waals surface area contributed by atoms with Crippen molar-refractivity contribution < 1.29 is 0 Å². The molecule has 0 spiro atoms. The highest BCUT2D eigenvalue weighted by Crippen LogP contribution is 2.24. The quantitative estimate of drug-likeness (QED) is 0.772. The van der Waals surface area contributed by atoms with Gasteiger partial charge in [0.25, 0.3) is 0 Å². The average molecular weight is 294 g/mol. The zero-order valence-corrected chi connectivity index (χ0v) is 12.2. The van der Waals surface area contributed by atoms with Gasteiger partial charge in [0.1, 0.15) is 11.8 Å². The van der Waals surface area contributed by atoms with Crippen molar-refractivity contribution in [3.05, 3.63) is 43.0 Å². The Morgan fingerprint density at radius 1 is 1.18 bits per heavy atom. The van der Waals surface area contributed by atoms with E-state index >= 15 is 0 Å². The van der Waals surface area contributed by atoms with E-state index in [2.05, 4.69) is 60.5 Å². The normalized spacial score (nSPS) is 18.0.